The molecule has 1 atom stereocenters. The Bertz CT molecular complexity index is 597. The Hall–Kier alpha value is -0.660. The minimum absolute atomic E-state index is 0. The predicted molar refractivity (Wildman–Crippen MR) is 99.3 cm³/mol. The van der Waals surface area contributed by atoms with Gasteiger partial charge in [0.2, 0.25) is 10.0 Å². The van der Waals surface area contributed by atoms with Crippen LogP contribution in [0.3, 0.4) is 0 Å². The number of nitrogens with one attached hydrogen (secondary N) is 2. The number of methoxy groups -OCH3 is 1. The standard InChI is InChI=1S/C17H28N2O3S.ClH/c1-14(2)11-15-5-7-16(8-6-15)23(20,21)19-12-17(13-22-3)9-4-10-18-17;/h5-8,14,18-19H,4,9-13H2,1-3H3;1H. The molecule has 2 N–H and O–H groups in total. The van der Waals surface area contributed by atoms with Gasteiger partial charge >= 0.3 is 0 Å². The molecule has 0 saturated carbocycles. The molecule has 0 bridgehead atoms. The summed E-state index contributed by atoms with van der Waals surface area (Å²) in [5.74, 6) is 0.554. The normalized spacial score (nSPS) is 21.0. The maximum atomic E-state index is 12.5. The summed E-state index contributed by atoms with van der Waals surface area (Å²) in [6, 6.07) is 7.16. The Labute approximate surface area is 152 Å². The van der Waals surface area contributed by atoms with Gasteiger partial charge < -0.3 is 10.1 Å². The number of halogens is 1. The molecule has 24 heavy (non-hydrogen) atoms. The van der Waals surface area contributed by atoms with Crippen molar-refractivity contribution in [3.05, 3.63) is 29.8 Å². The van der Waals surface area contributed by atoms with E-state index in [1.807, 2.05) is 12.1 Å². The van der Waals surface area contributed by atoms with Crippen LogP contribution in [0, 0.1) is 5.92 Å². The summed E-state index contributed by atoms with van der Waals surface area (Å²) >= 11 is 0. The first kappa shape index (κ1) is 21.4. The Morgan fingerprint density at radius 3 is 2.46 bits per heavy atom. The van der Waals surface area contributed by atoms with Crippen LogP contribution in [0.25, 0.3) is 0 Å². The van der Waals surface area contributed by atoms with E-state index in [1.54, 1.807) is 19.2 Å². The van der Waals surface area contributed by atoms with Gasteiger partial charge in [0.05, 0.1) is 17.0 Å². The maximum absolute atomic E-state index is 12.5. The van der Waals surface area contributed by atoms with Crippen LogP contribution in [0.15, 0.2) is 29.2 Å². The van der Waals surface area contributed by atoms with Crippen LogP contribution >= 0.6 is 12.4 Å². The molecule has 0 spiro atoms. The lowest BCUT2D eigenvalue weighted by molar-refractivity contribution is 0.122. The largest absolute Gasteiger partial charge is 0.383 e. The average molecular weight is 377 g/mol. The number of hydrogen-bond donors (Lipinski definition) is 2. The van der Waals surface area contributed by atoms with Crippen LogP contribution in [0.1, 0.15) is 32.3 Å². The molecule has 1 heterocycles. The van der Waals surface area contributed by atoms with E-state index in [4.69, 9.17) is 4.74 Å². The highest BCUT2D eigenvalue weighted by Crippen LogP contribution is 2.20. The predicted octanol–water partition coefficient (Wildman–Crippen LogP) is 2.35. The lowest BCUT2D eigenvalue weighted by atomic mass is 9.99. The highest BCUT2D eigenvalue weighted by atomic mass is 35.5. The third-order valence-electron chi connectivity index (χ3n) is 4.23. The highest BCUT2D eigenvalue weighted by Gasteiger charge is 2.34. The second-order valence-corrected chi connectivity index (χ2v) is 8.58. The number of hydrogen-bond acceptors (Lipinski definition) is 4. The molecule has 1 aromatic carbocycles. The maximum Gasteiger partial charge on any atom is 0.240 e. The van der Waals surface area contributed by atoms with Crippen molar-refractivity contribution in [2.45, 2.75) is 43.5 Å². The molecular weight excluding hydrogens is 348 g/mol. The van der Waals surface area contributed by atoms with Crippen molar-refractivity contribution < 1.29 is 13.2 Å². The van der Waals surface area contributed by atoms with Gasteiger partial charge in [0.25, 0.3) is 0 Å². The minimum Gasteiger partial charge on any atom is -0.383 e. The van der Waals surface area contributed by atoms with E-state index in [1.165, 1.54) is 0 Å². The highest BCUT2D eigenvalue weighted by molar-refractivity contribution is 7.89. The summed E-state index contributed by atoms with van der Waals surface area (Å²) < 4.78 is 33.0. The van der Waals surface area contributed by atoms with Crippen molar-refractivity contribution in [3.8, 4) is 0 Å². The van der Waals surface area contributed by atoms with E-state index in [9.17, 15) is 8.42 Å². The SMILES string of the molecule is COCC1(CNS(=O)(=O)c2ccc(CC(C)C)cc2)CCCN1.Cl. The fourth-order valence-electron chi connectivity index (χ4n) is 3.06. The number of rotatable bonds is 8. The van der Waals surface area contributed by atoms with Crippen molar-refractivity contribution in [2.75, 3.05) is 26.8 Å². The zero-order chi connectivity index (χ0) is 16.9. The minimum atomic E-state index is -3.49. The first-order valence-corrected chi connectivity index (χ1v) is 9.68. The molecule has 138 valence electrons. The van der Waals surface area contributed by atoms with Gasteiger partial charge in [-0.2, -0.15) is 0 Å². The van der Waals surface area contributed by atoms with Crippen LogP contribution in [0.5, 0.6) is 0 Å². The van der Waals surface area contributed by atoms with Crippen LogP contribution in [0.2, 0.25) is 0 Å². The Morgan fingerprint density at radius 1 is 1.29 bits per heavy atom. The lowest BCUT2D eigenvalue weighted by Crippen LogP contribution is -2.52. The van der Waals surface area contributed by atoms with E-state index in [0.717, 1.165) is 31.4 Å². The van der Waals surface area contributed by atoms with Crippen LogP contribution in [-0.4, -0.2) is 40.8 Å². The average Bonchev–Trinajstić information content (AvgIpc) is 2.95. The summed E-state index contributed by atoms with van der Waals surface area (Å²) in [6.45, 7) is 6.04. The quantitative estimate of drug-likeness (QED) is 0.730. The van der Waals surface area contributed by atoms with Gasteiger partial charge in [-0.1, -0.05) is 26.0 Å². The zero-order valence-corrected chi connectivity index (χ0v) is 16.3. The van der Waals surface area contributed by atoms with E-state index >= 15 is 0 Å². The van der Waals surface area contributed by atoms with E-state index < -0.39 is 10.0 Å². The molecule has 5 nitrogen and oxygen atoms in total. The van der Waals surface area contributed by atoms with E-state index in [2.05, 4.69) is 23.9 Å². The topological polar surface area (TPSA) is 67.4 Å². The van der Waals surface area contributed by atoms with Gasteiger partial charge in [0, 0.05) is 13.7 Å². The molecule has 1 saturated heterocycles. The first-order chi connectivity index (χ1) is 10.9. The molecule has 0 radical (unpaired) electrons. The molecule has 0 aliphatic carbocycles. The van der Waals surface area contributed by atoms with Crippen molar-refractivity contribution in [3.63, 3.8) is 0 Å². The second-order valence-electron chi connectivity index (χ2n) is 6.81. The fraction of sp³-hybridized carbons (Fsp3) is 0.647. The van der Waals surface area contributed by atoms with Crippen molar-refractivity contribution in [1.82, 2.24) is 10.0 Å². The van der Waals surface area contributed by atoms with Gasteiger partial charge in [0.1, 0.15) is 0 Å². The van der Waals surface area contributed by atoms with Crippen molar-refractivity contribution >= 4 is 22.4 Å². The molecule has 1 fully saturated rings. The third kappa shape index (κ3) is 5.70. The first-order valence-electron chi connectivity index (χ1n) is 8.19. The van der Waals surface area contributed by atoms with Crippen LogP contribution < -0.4 is 10.0 Å². The third-order valence-corrected chi connectivity index (χ3v) is 5.65. The zero-order valence-electron chi connectivity index (χ0n) is 14.7. The Balaban J connectivity index is 0.00000288. The van der Waals surface area contributed by atoms with Gasteiger partial charge in [-0.05, 0) is 49.4 Å². The summed E-state index contributed by atoms with van der Waals surface area (Å²) in [5.41, 5.74) is 0.867. The van der Waals surface area contributed by atoms with Gasteiger partial charge in [-0.15, -0.1) is 12.4 Å². The molecule has 1 aliphatic heterocycles. The second kappa shape index (κ2) is 9.15. The van der Waals surface area contributed by atoms with E-state index in [-0.39, 0.29) is 17.9 Å². The summed E-state index contributed by atoms with van der Waals surface area (Å²) in [5, 5.41) is 3.37. The van der Waals surface area contributed by atoms with Crippen molar-refractivity contribution in [2.24, 2.45) is 5.92 Å². The van der Waals surface area contributed by atoms with Gasteiger partial charge in [0.15, 0.2) is 0 Å². The molecule has 0 amide bonds. The summed E-state index contributed by atoms with van der Waals surface area (Å²) in [7, 11) is -1.85. The number of benzene rings is 1. The molecule has 1 unspecified atom stereocenters. The van der Waals surface area contributed by atoms with Crippen LogP contribution in [-0.2, 0) is 21.2 Å². The molecule has 7 heteroatoms. The number of sulfonamides is 1. The molecule has 0 aromatic heterocycles. The molecule has 1 aromatic rings. The lowest BCUT2D eigenvalue weighted by Gasteiger charge is -2.28. The van der Waals surface area contributed by atoms with Crippen molar-refractivity contribution in [1.29, 1.82) is 0 Å². The molecule has 2 rings (SSSR count). The molecule has 1 aliphatic rings. The molecular formula is C17H29ClN2O3S. The summed E-state index contributed by atoms with van der Waals surface area (Å²) in [4.78, 5) is 0.315. The Morgan fingerprint density at radius 2 is 1.96 bits per heavy atom. The van der Waals surface area contributed by atoms with Gasteiger partial charge in [-0.3, -0.25) is 0 Å². The number of ether oxygens (including phenoxy) is 1. The van der Waals surface area contributed by atoms with Crippen LogP contribution in [0.4, 0.5) is 0 Å². The fourth-order valence-corrected chi connectivity index (χ4v) is 4.19. The monoisotopic (exact) mass is 376 g/mol. The summed E-state index contributed by atoms with van der Waals surface area (Å²) in [6.07, 6.45) is 2.90. The van der Waals surface area contributed by atoms with E-state index in [0.29, 0.717) is 24.0 Å². The Kier molecular flexibility index (Phi) is 8.15. The smallest absolute Gasteiger partial charge is 0.240 e. The van der Waals surface area contributed by atoms with Gasteiger partial charge in [-0.25, -0.2) is 13.1 Å².